The third kappa shape index (κ3) is 4.68. The van der Waals surface area contributed by atoms with Crippen LogP contribution in [0.5, 0.6) is 0 Å². The minimum absolute atomic E-state index is 0.201. The number of nitrogens with two attached hydrogens (primary N) is 1. The maximum Gasteiger partial charge on any atom is 0.267 e. The van der Waals surface area contributed by atoms with Gasteiger partial charge in [0.05, 0.1) is 5.60 Å². The number of aliphatic hydroxyl groups is 1. The van der Waals surface area contributed by atoms with Crippen molar-refractivity contribution in [3.63, 3.8) is 0 Å². The molecule has 1 amide bonds. The van der Waals surface area contributed by atoms with Gasteiger partial charge in [0.1, 0.15) is 5.69 Å². The van der Waals surface area contributed by atoms with E-state index in [-0.39, 0.29) is 5.69 Å². The zero-order valence-corrected chi connectivity index (χ0v) is 11.0. The summed E-state index contributed by atoms with van der Waals surface area (Å²) in [6.45, 7) is 2.65. The van der Waals surface area contributed by atoms with Gasteiger partial charge in [-0.3, -0.25) is 9.78 Å². The molecule has 0 aromatic carbocycles. The molecule has 0 radical (unpaired) electrons. The molecule has 100 valence electrons. The topological polar surface area (TPSA) is 91.5 Å². The number of amides is 1. The molecule has 0 aliphatic rings. The zero-order chi connectivity index (χ0) is 13.8. The fourth-order valence-corrected chi connectivity index (χ4v) is 1.70. The molecule has 4 N–H and O–H groups in total. The van der Waals surface area contributed by atoms with Crippen molar-refractivity contribution in [1.29, 1.82) is 0 Å². The zero-order valence-electron chi connectivity index (χ0n) is 11.0. The summed E-state index contributed by atoms with van der Waals surface area (Å²) >= 11 is 0. The largest absolute Gasteiger partial charge is 0.387 e. The van der Waals surface area contributed by atoms with Gasteiger partial charge in [0, 0.05) is 25.0 Å². The quantitative estimate of drug-likeness (QED) is 0.658. The van der Waals surface area contributed by atoms with Crippen LogP contribution in [-0.4, -0.2) is 53.7 Å². The Balaban J connectivity index is 2.63. The van der Waals surface area contributed by atoms with Gasteiger partial charge in [-0.15, -0.1) is 0 Å². The fourth-order valence-electron chi connectivity index (χ4n) is 1.70. The standard InChI is InChI=1S/C12H20N4O2/c1-12(18,8-16(2)3)7-15-9-4-5-14-10(6-9)11(13)17/h4-6,18H,7-8H2,1-3H3,(H2,13,17)(H,14,15). The van der Waals surface area contributed by atoms with Gasteiger partial charge in [-0.2, -0.15) is 0 Å². The van der Waals surface area contributed by atoms with Crippen LogP contribution < -0.4 is 11.1 Å². The van der Waals surface area contributed by atoms with Crippen molar-refractivity contribution in [2.75, 3.05) is 32.5 Å². The monoisotopic (exact) mass is 252 g/mol. The number of anilines is 1. The number of nitrogens with one attached hydrogen (secondary N) is 1. The van der Waals surface area contributed by atoms with Crippen LogP contribution in [0.1, 0.15) is 17.4 Å². The SMILES string of the molecule is CN(C)CC(C)(O)CNc1ccnc(C(N)=O)c1. The third-order valence-corrected chi connectivity index (χ3v) is 2.34. The van der Waals surface area contributed by atoms with E-state index in [1.807, 2.05) is 19.0 Å². The van der Waals surface area contributed by atoms with Crippen LogP contribution in [0.2, 0.25) is 0 Å². The number of carbonyl (C=O) groups is 1. The molecule has 0 saturated heterocycles. The highest BCUT2D eigenvalue weighted by Crippen LogP contribution is 2.11. The summed E-state index contributed by atoms with van der Waals surface area (Å²) < 4.78 is 0. The van der Waals surface area contributed by atoms with Gasteiger partial charge >= 0.3 is 0 Å². The molecule has 1 atom stereocenters. The second-order valence-corrected chi connectivity index (χ2v) is 4.88. The molecule has 1 aromatic heterocycles. The minimum Gasteiger partial charge on any atom is -0.387 e. The van der Waals surface area contributed by atoms with Crippen molar-refractivity contribution < 1.29 is 9.90 Å². The van der Waals surface area contributed by atoms with Crippen LogP contribution in [-0.2, 0) is 0 Å². The minimum atomic E-state index is -0.861. The summed E-state index contributed by atoms with van der Waals surface area (Å²) in [6.07, 6.45) is 1.50. The van der Waals surface area contributed by atoms with Crippen LogP contribution in [0.15, 0.2) is 18.3 Å². The molecule has 18 heavy (non-hydrogen) atoms. The van der Waals surface area contributed by atoms with Gasteiger partial charge in [-0.05, 0) is 33.2 Å². The lowest BCUT2D eigenvalue weighted by molar-refractivity contribution is 0.0460. The van der Waals surface area contributed by atoms with Crippen molar-refractivity contribution in [1.82, 2.24) is 9.88 Å². The van der Waals surface area contributed by atoms with E-state index in [0.717, 1.165) is 0 Å². The van der Waals surface area contributed by atoms with Crippen molar-refractivity contribution in [2.45, 2.75) is 12.5 Å². The molecular formula is C12H20N4O2. The Morgan fingerprint density at radius 2 is 2.28 bits per heavy atom. The van der Waals surface area contributed by atoms with Gasteiger partial charge < -0.3 is 21.1 Å². The molecule has 0 spiro atoms. The molecule has 1 heterocycles. The summed E-state index contributed by atoms with van der Waals surface area (Å²) in [6, 6.07) is 3.28. The number of rotatable bonds is 6. The number of hydrogen-bond acceptors (Lipinski definition) is 5. The number of aromatic nitrogens is 1. The van der Waals surface area contributed by atoms with Gasteiger partial charge in [0.2, 0.25) is 0 Å². The first kappa shape index (κ1) is 14.4. The van der Waals surface area contributed by atoms with E-state index in [1.165, 1.54) is 6.20 Å². The number of pyridine rings is 1. The van der Waals surface area contributed by atoms with Crippen LogP contribution >= 0.6 is 0 Å². The van der Waals surface area contributed by atoms with Gasteiger partial charge in [-0.25, -0.2) is 0 Å². The summed E-state index contributed by atoms with van der Waals surface area (Å²) in [5.74, 6) is -0.571. The van der Waals surface area contributed by atoms with E-state index in [9.17, 15) is 9.90 Å². The fraction of sp³-hybridized carbons (Fsp3) is 0.500. The number of nitrogens with zero attached hydrogens (tertiary/aromatic N) is 2. The average molecular weight is 252 g/mol. The molecule has 0 bridgehead atoms. The highest BCUT2D eigenvalue weighted by atomic mass is 16.3. The molecule has 0 fully saturated rings. The Hall–Kier alpha value is -1.66. The summed E-state index contributed by atoms with van der Waals surface area (Å²) in [5, 5.41) is 13.2. The number of carbonyl (C=O) groups excluding carboxylic acids is 1. The lowest BCUT2D eigenvalue weighted by Gasteiger charge is -2.27. The predicted octanol–water partition coefficient (Wildman–Crippen LogP) is -0.0950. The molecule has 6 heteroatoms. The Morgan fingerprint density at radius 1 is 1.61 bits per heavy atom. The van der Waals surface area contributed by atoms with Crippen molar-refractivity contribution in [3.8, 4) is 0 Å². The average Bonchev–Trinajstić information content (AvgIpc) is 2.25. The highest BCUT2D eigenvalue weighted by molar-refractivity contribution is 5.91. The molecule has 0 aliphatic heterocycles. The lowest BCUT2D eigenvalue weighted by atomic mass is 10.1. The van der Waals surface area contributed by atoms with Crippen molar-refractivity contribution >= 4 is 11.6 Å². The molecule has 1 aromatic rings. The van der Waals surface area contributed by atoms with E-state index in [2.05, 4.69) is 10.3 Å². The van der Waals surface area contributed by atoms with E-state index in [0.29, 0.717) is 18.8 Å². The first-order valence-electron chi connectivity index (χ1n) is 5.67. The lowest BCUT2D eigenvalue weighted by Crippen LogP contribution is -2.43. The second-order valence-electron chi connectivity index (χ2n) is 4.88. The Morgan fingerprint density at radius 3 is 2.83 bits per heavy atom. The van der Waals surface area contributed by atoms with E-state index < -0.39 is 11.5 Å². The molecule has 0 saturated carbocycles. The molecule has 1 rings (SSSR count). The molecule has 0 aliphatic carbocycles. The van der Waals surface area contributed by atoms with E-state index in [4.69, 9.17) is 5.73 Å². The predicted molar refractivity (Wildman–Crippen MR) is 70.4 cm³/mol. The normalized spacial score (nSPS) is 14.3. The maximum absolute atomic E-state index is 11.0. The van der Waals surface area contributed by atoms with E-state index >= 15 is 0 Å². The third-order valence-electron chi connectivity index (χ3n) is 2.34. The second kappa shape index (κ2) is 5.79. The van der Waals surface area contributed by atoms with Crippen LogP contribution in [0, 0.1) is 0 Å². The molecule has 6 nitrogen and oxygen atoms in total. The number of primary amides is 1. The highest BCUT2D eigenvalue weighted by Gasteiger charge is 2.20. The summed E-state index contributed by atoms with van der Waals surface area (Å²) in [4.78, 5) is 16.7. The molecule has 1 unspecified atom stereocenters. The Labute approximate surface area is 107 Å². The van der Waals surface area contributed by atoms with Crippen LogP contribution in [0.3, 0.4) is 0 Å². The first-order valence-corrected chi connectivity index (χ1v) is 5.67. The van der Waals surface area contributed by atoms with Gasteiger partial charge in [0.25, 0.3) is 5.91 Å². The maximum atomic E-state index is 11.0. The van der Waals surface area contributed by atoms with Crippen LogP contribution in [0.4, 0.5) is 5.69 Å². The number of likely N-dealkylation sites (N-methyl/N-ethyl adjacent to an activating group) is 1. The Kier molecular flexibility index (Phi) is 4.63. The summed E-state index contributed by atoms with van der Waals surface area (Å²) in [5.41, 5.74) is 5.19. The van der Waals surface area contributed by atoms with Crippen molar-refractivity contribution in [2.24, 2.45) is 5.73 Å². The number of hydrogen-bond donors (Lipinski definition) is 3. The van der Waals surface area contributed by atoms with E-state index in [1.54, 1.807) is 19.1 Å². The van der Waals surface area contributed by atoms with Gasteiger partial charge in [0.15, 0.2) is 0 Å². The Bertz CT molecular complexity index is 418. The smallest absolute Gasteiger partial charge is 0.267 e. The first-order chi connectivity index (χ1) is 8.30. The van der Waals surface area contributed by atoms with Crippen molar-refractivity contribution in [3.05, 3.63) is 24.0 Å². The van der Waals surface area contributed by atoms with Gasteiger partial charge in [-0.1, -0.05) is 0 Å². The van der Waals surface area contributed by atoms with Crippen LogP contribution in [0.25, 0.3) is 0 Å². The summed E-state index contributed by atoms with van der Waals surface area (Å²) in [7, 11) is 3.79. The molecular weight excluding hydrogens is 232 g/mol.